The quantitative estimate of drug-likeness (QED) is 0.910. The third-order valence-electron chi connectivity index (χ3n) is 2.72. The van der Waals surface area contributed by atoms with E-state index in [-0.39, 0.29) is 24.3 Å². The first-order valence-electron chi connectivity index (χ1n) is 5.91. The van der Waals surface area contributed by atoms with Crippen LogP contribution in [0.15, 0.2) is 42.5 Å². The molecule has 0 amide bonds. The van der Waals surface area contributed by atoms with Crippen molar-refractivity contribution in [1.82, 2.24) is 0 Å². The fraction of sp³-hybridized carbons (Fsp3) is 0.133. The van der Waals surface area contributed by atoms with E-state index in [4.69, 9.17) is 21.4 Å². The van der Waals surface area contributed by atoms with Gasteiger partial charge in [-0.3, -0.25) is 0 Å². The minimum absolute atomic E-state index is 0.000529. The molecule has 0 aliphatic carbocycles. The van der Waals surface area contributed by atoms with E-state index >= 15 is 0 Å². The van der Waals surface area contributed by atoms with Gasteiger partial charge in [-0.15, -0.1) is 0 Å². The maximum Gasteiger partial charge on any atom is 0.338 e. The molecule has 0 aromatic heterocycles. The highest BCUT2D eigenvalue weighted by Gasteiger charge is 2.13. The van der Waals surface area contributed by atoms with Gasteiger partial charge in [-0.05, 0) is 23.8 Å². The Kier molecular flexibility index (Phi) is 4.71. The molecule has 2 aromatic rings. The topological polar surface area (TPSA) is 46.5 Å². The van der Waals surface area contributed by atoms with Gasteiger partial charge in [-0.25, -0.2) is 9.18 Å². The van der Waals surface area contributed by atoms with Crippen molar-refractivity contribution < 1.29 is 19.0 Å². The summed E-state index contributed by atoms with van der Waals surface area (Å²) in [5.74, 6) is -2.05. The normalized spacial score (nSPS) is 10.5. The van der Waals surface area contributed by atoms with Crippen LogP contribution in [0.25, 0.3) is 0 Å². The summed E-state index contributed by atoms with van der Waals surface area (Å²) in [6.07, 6.45) is 0. The largest absolute Gasteiger partial charge is 0.478 e. The van der Waals surface area contributed by atoms with Crippen LogP contribution in [0.2, 0.25) is 5.02 Å². The number of carboxylic acids is 1. The Morgan fingerprint density at radius 3 is 2.65 bits per heavy atom. The molecule has 3 nitrogen and oxygen atoms in total. The average molecular weight is 295 g/mol. The number of hydrogen-bond donors (Lipinski definition) is 1. The number of benzene rings is 2. The summed E-state index contributed by atoms with van der Waals surface area (Å²) in [5, 5.41) is 9.43. The first kappa shape index (κ1) is 14.5. The number of hydrogen-bond acceptors (Lipinski definition) is 2. The van der Waals surface area contributed by atoms with E-state index in [0.29, 0.717) is 5.02 Å². The van der Waals surface area contributed by atoms with E-state index in [9.17, 15) is 9.18 Å². The van der Waals surface area contributed by atoms with E-state index in [1.54, 1.807) is 18.2 Å². The minimum atomic E-state index is -1.29. The number of rotatable bonds is 5. The highest BCUT2D eigenvalue weighted by molar-refractivity contribution is 6.30. The number of carbonyl (C=O) groups is 1. The fourth-order valence-electron chi connectivity index (χ4n) is 1.76. The summed E-state index contributed by atoms with van der Waals surface area (Å²) in [6, 6.07) is 11.4. The SMILES string of the molecule is O=C(O)c1cccc(COCc2cccc(Cl)c2)c1F. The highest BCUT2D eigenvalue weighted by atomic mass is 35.5. The average Bonchev–Trinajstić information content (AvgIpc) is 2.40. The number of aromatic carboxylic acids is 1. The molecule has 0 aliphatic rings. The molecule has 0 heterocycles. The van der Waals surface area contributed by atoms with Crippen LogP contribution in [0, 0.1) is 5.82 Å². The van der Waals surface area contributed by atoms with Crippen LogP contribution < -0.4 is 0 Å². The van der Waals surface area contributed by atoms with Crippen molar-refractivity contribution >= 4 is 17.6 Å². The van der Waals surface area contributed by atoms with Gasteiger partial charge in [-0.2, -0.15) is 0 Å². The third-order valence-corrected chi connectivity index (χ3v) is 2.96. The molecular weight excluding hydrogens is 283 g/mol. The van der Waals surface area contributed by atoms with Gasteiger partial charge in [-0.1, -0.05) is 35.9 Å². The zero-order valence-electron chi connectivity index (χ0n) is 10.5. The zero-order valence-corrected chi connectivity index (χ0v) is 11.2. The lowest BCUT2D eigenvalue weighted by atomic mass is 10.1. The lowest BCUT2D eigenvalue weighted by molar-refractivity contribution is 0.0689. The van der Waals surface area contributed by atoms with Crippen LogP contribution in [0.1, 0.15) is 21.5 Å². The summed E-state index contributed by atoms with van der Waals surface area (Å²) >= 11 is 5.84. The highest BCUT2D eigenvalue weighted by Crippen LogP contribution is 2.16. The summed E-state index contributed by atoms with van der Waals surface area (Å²) in [6.45, 7) is 0.275. The van der Waals surface area contributed by atoms with Crippen LogP contribution in [0.5, 0.6) is 0 Å². The summed E-state index contributed by atoms with van der Waals surface area (Å²) in [5.41, 5.74) is 0.730. The molecule has 0 spiro atoms. The van der Waals surface area contributed by atoms with E-state index < -0.39 is 11.8 Å². The van der Waals surface area contributed by atoms with Crippen LogP contribution >= 0.6 is 11.6 Å². The van der Waals surface area contributed by atoms with E-state index in [1.807, 2.05) is 6.07 Å². The first-order chi connectivity index (χ1) is 9.58. The molecule has 20 heavy (non-hydrogen) atoms. The Balaban J connectivity index is 2.01. The molecule has 0 bridgehead atoms. The molecule has 0 aliphatic heterocycles. The zero-order chi connectivity index (χ0) is 14.5. The van der Waals surface area contributed by atoms with Gasteiger partial charge >= 0.3 is 5.97 Å². The van der Waals surface area contributed by atoms with Gasteiger partial charge in [0.15, 0.2) is 0 Å². The van der Waals surface area contributed by atoms with Crippen LogP contribution in [0.4, 0.5) is 4.39 Å². The third kappa shape index (κ3) is 3.56. The molecule has 0 unspecified atom stereocenters. The molecule has 0 saturated heterocycles. The Morgan fingerprint density at radius 1 is 1.20 bits per heavy atom. The van der Waals surface area contributed by atoms with Crippen molar-refractivity contribution in [2.45, 2.75) is 13.2 Å². The predicted molar refractivity (Wildman–Crippen MR) is 73.3 cm³/mol. The summed E-state index contributed by atoms with van der Waals surface area (Å²) in [4.78, 5) is 10.8. The van der Waals surface area contributed by atoms with Gasteiger partial charge in [0.25, 0.3) is 0 Å². The lowest BCUT2D eigenvalue weighted by Gasteiger charge is -2.07. The Labute approximate surface area is 120 Å². The Bertz CT molecular complexity index is 628. The van der Waals surface area contributed by atoms with Gasteiger partial charge < -0.3 is 9.84 Å². The van der Waals surface area contributed by atoms with Gasteiger partial charge in [0.2, 0.25) is 0 Å². The van der Waals surface area contributed by atoms with Crippen LogP contribution in [0.3, 0.4) is 0 Å². The molecule has 0 saturated carbocycles. The van der Waals surface area contributed by atoms with Crippen LogP contribution in [-0.2, 0) is 18.0 Å². The number of carboxylic acid groups (broad SMARTS) is 1. The maximum atomic E-state index is 13.8. The second kappa shape index (κ2) is 6.50. The predicted octanol–water partition coefficient (Wildman–Crippen LogP) is 3.89. The lowest BCUT2D eigenvalue weighted by Crippen LogP contribution is -2.05. The molecule has 2 aromatic carbocycles. The van der Waals surface area contributed by atoms with Crippen molar-refractivity contribution in [2.24, 2.45) is 0 Å². The molecule has 0 radical (unpaired) electrons. The molecule has 0 atom stereocenters. The van der Waals surface area contributed by atoms with Crippen molar-refractivity contribution in [3.8, 4) is 0 Å². The molecule has 1 N–H and O–H groups in total. The summed E-state index contributed by atoms with van der Waals surface area (Å²) in [7, 11) is 0. The Morgan fingerprint density at radius 2 is 1.95 bits per heavy atom. The second-order valence-corrected chi connectivity index (χ2v) is 4.64. The van der Waals surface area contributed by atoms with Crippen molar-refractivity contribution in [2.75, 3.05) is 0 Å². The van der Waals surface area contributed by atoms with Crippen LogP contribution in [-0.4, -0.2) is 11.1 Å². The Hall–Kier alpha value is -1.91. The smallest absolute Gasteiger partial charge is 0.338 e. The first-order valence-corrected chi connectivity index (χ1v) is 6.28. The van der Waals surface area contributed by atoms with E-state index in [1.165, 1.54) is 18.2 Å². The fourth-order valence-corrected chi connectivity index (χ4v) is 1.97. The number of ether oxygens (including phenoxy) is 1. The molecule has 5 heteroatoms. The van der Waals surface area contributed by atoms with Crippen molar-refractivity contribution in [3.63, 3.8) is 0 Å². The number of halogens is 2. The van der Waals surface area contributed by atoms with E-state index in [2.05, 4.69) is 0 Å². The molecule has 2 rings (SSSR count). The summed E-state index contributed by atoms with van der Waals surface area (Å²) < 4.78 is 19.2. The molecule has 104 valence electrons. The minimum Gasteiger partial charge on any atom is -0.478 e. The van der Waals surface area contributed by atoms with Crippen molar-refractivity contribution in [3.05, 3.63) is 70.0 Å². The van der Waals surface area contributed by atoms with Gasteiger partial charge in [0, 0.05) is 10.6 Å². The molecular formula is C15H12ClFO3. The van der Waals surface area contributed by atoms with E-state index in [0.717, 1.165) is 5.56 Å². The second-order valence-electron chi connectivity index (χ2n) is 4.21. The monoisotopic (exact) mass is 294 g/mol. The maximum absolute atomic E-state index is 13.8. The molecule has 0 fully saturated rings. The standard InChI is InChI=1S/C15H12ClFO3/c16-12-5-1-3-10(7-12)8-20-9-11-4-2-6-13(14(11)17)15(18)19/h1-7H,8-9H2,(H,18,19). The van der Waals surface area contributed by atoms with Gasteiger partial charge in [0.05, 0.1) is 18.8 Å². The van der Waals surface area contributed by atoms with Gasteiger partial charge in [0.1, 0.15) is 5.82 Å². The van der Waals surface area contributed by atoms with Crippen molar-refractivity contribution in [1.29, 1.82) is 0 Å².